The maximum Gasteiger partial charge on any atom is 0.228 e. The van der Waals surface area contributed by atoms with Crippen molar-refractivity contribution in [3.8, 4) is 0 Å². The van der Waals surface area contributed by atoms with Gasteiger partial charge in [0.1, 0.15) is 0 Å². The van der Waals surface area contributed by atoms with E-state index >= 15 is 0 Å². The molecule has 3 heteroatoms. The van der Waals surface area contributed by atoms with E-state index in [0.29, 0.717) is 6.42 Å². The second-order valence-corrected chi connectivity index (χ2v) is 1.43. The molecule has 42 valence electrons. The molecule has 3 nitrogen and oxygen atoms in total. The third-order valence-electron chi connectivity index (χ3n) is 0.795. The Labute approximate surface area is 47.1 Å². The van der Waals surface area contributed by atoms with Crippen molar-refractivity contribution in [3.63, 3.8) is 0 Å². The van der Waals surface area contributed by atoms with Crippen molar-refractivity contribution in [2.75, 3.05) is 0 Å². The molecule has 0 fully saturated rings. The Morgan fingerprint density at radius 2 is 2.62 bits per heavy atom. The molecule has 0 aromatic carbocycles. The van der Waals surface area contributed by atoms with E-state index in [4.69, 9.17) is 0 Å². The zero-order chi connectivity index (χ0) is 5.82. The topological polar surface area (TPSA) is 41.5 Å². The minimum absolute atomic E-state index is 0.0116. The molecule has 1 heterocycles. The Morgan fingerprint density at radius 3 is 3.50 bits per heavy atom. The first-order valence-corrected chi connectivity index (χ1v) is 2.35. The highest BCUT2D eigenvalue weighted by Crippen LogP contribution is 1.85. The molecule has 0 atom stereocenters. The largest absolute Gasteiger partial charge is 0.317 e. The Kier molecular flexibility index (Phi) is 1.42. The zero-order valence-electron chi connectivity index (χ0n) is 4.29. The lowest BCUT2D eigenvalue weighted by Crippen LogP contribution is -2.18. The Balaban J connectivity index is 2.58. The van der Waals surface area contributed by atoms with Crippen LogP contribution in [0.1, 0.15) is 6.42 Å². The highest BCUT2D eigenvalue weighted by atomic mass is 16.1. The summed E-state index contributed by atoms with van der Waals surface area (Å²) in [7, 11) is 0. The highest BCUT2D eigenvalue weighted by molar-refractivity contribution is 5.89. The van der Waals surface area contributed by atoms with Gasteiger partial charge in [0.05, 0.1) is 6.34 Å². The van der Waals surface area contributed by atoms with E-state index in [1.54, 1.807) is 12.3 Å². The second-order valence-electron chi connectivity index (χ2n) is 1.43. The molecule has 1 aliphatic heterocycles. The van der Waals surface area contributed by atoms with Gasteiger partial charge in [-0.2, -0.15) is 0 Å². The quantitative estimate of drug-likeness (QED) is 0.470. The van der Waals surface area contributed by atoms with E-state index in [9.17, 15) is 4.79 Å². The fraction of sp³-hybridized carbons (Fsp3) is 0.200. The fourth-order valence-electron chi connectivity index (χ4n) is 0.432. The maximum absolute atomic E-state index is 10.4. The highest BCUT2D eigenvalue weighted by Gasteiger charge is 1.94. The molecule has 0 aliphatic carbocycles. The summed E-state index contributed by atoms with van der Waals surface area (Å²) in [4.78, 5) is 14.1. The lowest BCUT2D eigenvalue weighted by atomic mass is 10.4. The fourth-order valence-corrected chi connectivity index (χ4v) is 0.432. The van der Waals surface area contributed by atoms with Crippen LogP contribution < -0.4 is 5.32 Å². The molecule has 1 N–H and O–H groups in total. The van der Waals surface area contributed by atoms with Crippen LogP contribution in [0.5, 0.6) is 0 Å². The minimum Gasteiger partial charge on any atom is -0.317 e. The summed E-state index contributed by atoms with van der Waals surface area (Å²) in [6.07, 6.45) is 5.11. The molecule has 0 saturated carbocycles. The van der Waals surface area contributed by atoms with E-state index in [-0.39, 0.29) is 5.91 Å². The van der Waals surface area contributed by atoms with Crippen molar-refractivity contribution in [3.05, 3.63) is 12.3 Å². The van der Waals surface area contributed by atoms with Crippen LogP contribution in [0.25, 0.3) is 0 Å². The zero-order valence-corrected chi connectivity index (χ0v) is 4.29. The van der Waals surface area contributed by atoms with Gasteiger partial charge in [-0.05, 0) is 0 Å². The van der Waals surface area contributed by atoms with Crippen molar-refractivity contribution < 1.29 is 4.79 Å². The molecular formula is C5H6N2O. The smallest absolute Gasteiger partial charge is 0.228 e. The van der Waals surface area contributed by atoms with Crippen molar-refractivity contribution in [1.29, 1.82) is 0 Å². The molecule has 0 spiro atoms. The number of carbonyl (C=O) groups is 1. The summed E-state index contributed by atoms with van der Waals surface area (Å²) in [5.74, 6) is -0.0116. The molecule has 0 unspecified atom stereocenters. The number of carbonyl (C=O) groups excluding carboxylic acids is 1. The average molecular weight is 110 g/mol. The summed E-state index contributed by atoms with van der Waals surface area (Å²) in [6, 6.07) is 0. The first-order valence-electron chi connectivity index (χ1n) is 2.35. The summed E-state index contributed by atoms with van der Waals surface area (Å²) < 4.78 is 0. The van der Waals surface area contributed by atoms with Gasteiger partial charge in [0, 0.05) is 12.6 Å². The SMILES string of the molecule is O=C1CC=CN=CN1. The van der Waals surface area contributed by atoms with Gasteiger partial charge in [0.15, 0.2) is 0 Å². The van der Waals surface area contributed by atoms with Crippen molar-refractivity contribution in [2.45, 2.75) is 6.42 Å². The monoisotopic (exact) mass is 110 g/mol. The van der Waals surface area contributed by atoms with E-state index in [2.05, 4.69) is 10.3 Å². The van der Waals surface area contributed by atoms with Crippen molar-refractivity contribution in [2.24, 2.45) is 4.99 Å². The van der Waals surface area contributed by atoms with Crippen LogP contribution in [-0.2, 0) is 4.79 Å². The number of hydrogen-bond acceptors (Lipinski definition) is 2. The molecule has 1 amide bonds. The molecule has 0 aromatic rings. The van der Waals surface area contributed by atoms with Crippen LogP contribution >= 0.6 is 0 Å². The van der Waals surface area contributed by atoms with Gasteiger partial charge in [0.25, 0.3) is 0 Å². The summed E-state index contributed by atoms with van der Waals surface area (Å²) >= 11 is 0. The molecule has 0 radical (unpaired) electrons. The predicted molar refractivity (Wildman–Crippen MR) is 30.4 cm³/mol. The molecule has 1 aliphatic rings. The molecule has 0 saturated heterocycles. The third kappa shape index (κ3) is 1.18. The summed E-state index contributed by atoms with van der Waals surface area (Å²) in [5.41, 5.74) is 0. The first-order chi connectivity index (χ1) is 3.89. The van der Waals surface area contributed by atoms with Gasteiger partial charge in [-0.3, -0.25) is 4.79 Å². The molecule has 8 heavy (non-hydrogen) atoms. The normalized spacial score (nSPS) is 17.8. The van der Waals surface area contributed by atoms with Crippen LogP contribution in [-0.4, -0.2) is 12.2 Å². The van der Waals surface area contributed by atoms with Crippen LogP contribution in [0.15, 0.2) is 17.3 Å². The van der Waals surface area contributed by atoms with E-state index in [0.717, 1.165) is 0 Å². The Morgan fingerprint density at radius 1 is 1.75 bits per heavy atom. The standard InChI is InChI=1S/C5H6N2O/c8-5-2-1-3-6-4-7-5/h1,3-4H,2H2,(H,6,7,8). The lowest BCUT2D eigenvalue weighted by Gasteiger charge is -1.87. The van der Waals surface area contributed by atoms with Gasteiger partial charge in [0.2, 0.25) is 5.91 Å². The summed E-state index contributed by atoms with van der Waals surface area (Å²) in [5, 5.41) is 2.45. The van der Waals surface area contributed by atoms with Crippen molar-refractivity contribution in [1.82, 2.24) is 5.32 Å². The molecule has 0 bridgehead atoms. The minimum atomic E-state index is -0.0116. The van der Waals surface area contributed by atoms with Gasteiger partial charge in [-0.1, -0.05) is 6.08 Å². The number of rotatable bonds is 0. The van der Waals surface area contributed by atoms with Crippen LogP contribution in [0.4, 0.5) is 0 Å². The van der Waals surface area contributed by atoms with E-state index in [1.165, 1.54) is 6.34 Å². The number of amides is 1. The van der Waals surface area contributed by atoms with Crippen LogP contribution in [0, 0.1) is 0 Å². The average Bonchev–Trinajstić information content (AvgIpc) is 1.94. The third-order valence-corrected chi connectivity index (χ3v) is 0.795. The molecular weight excluding hydrogens is 104 g/mol. The van der Waals surface area contributed by atoms with Gasteiger partial charge in [-0.25, -0.2) is 4.99 Å². The van der Waals surface area contributed by atoms with Crippen LogP contribution in [0.2, 0.25) is 0 Å². The first kappa shape index (κ1) is 5.03. The maximum atomic E-state index is 10.4. The molecule has 1 rings (SSSR count). The lowest BCUT2D eigenvalue weighted by molar-refractivity contribution is -0.118. The molecule has 0 aromatic heterocycles. The van der Waals surface area contributed by atoms with Gasteiger partial charge < -0.3 is 5.32 Å². The number of nitrogens with zero attached hydrogens (tertiary/aromatic N) is 1. The van der Waals surface area contributed by atoms with Gasteiger partial charge in [-0.15, -0.1) is 0 Å². The van der Waals surface area contributed by atoms with Gasteiger partial charge >= 0.3 is 0 Å². The Bertz CT molecular complexity index is 133. The second kappa shape index (κ2) is 2.26. The van der Waals surface area contributed by atoms with Crippen LogP contribution in [0.3, 0.4) is 0 Å². The van der Waals surface area contributed by atoms with Crippen molar-refractivity contribution >= 4 is 12.2 Å². The number of hydrogen-bond donors (Lipinski definition) is 1. The number of aliphatic imine (C=N–C) groups is 1. The predicted octanol–water partition coefficient (Wildman–Crippen LogP) is 0.0483. The number of nitrogens with one attached hydrogen (secondary N) is 1. The van der Waals surface area contributed by atoms with E-state index < -0.39 is 0 Å². The Hall–Kier alpha value is -1.12. The van der Waals surface area contributed by atoms with E-state index in [1.807, 2.05) is 0 Å². The summed E-state index contributed by atoms with van der Waals surface area (Å²) in [6.45, 7) is 0.